The molecule has 0 spiro atoms. The van der Waals surface area contributed by atoms with E-state index in [1.54, 1.807) is 99.4 Å². The van der Waals surface area contributed by atoms with E-state index < -0.39 is 12.1 Å². The Balaban J connectivity index is 1.37. The number of azo groups is 2. The second-order valence-corrected chi connectivity index (χ2v) is 12.5. The number of rotatable bonds is 15. The third-order valence-electron chi connectivity index (χ3n) is 8.78. The maximum absolute atomic E-state index is 10.9. The molecule has 0 aliphatic heterocycles. The summed E-state index contributed by atoms with van der Waals surface area (Å²) in [5.74, 6) is 1.39. The Bertz CT molecular complexity index is 2160. The van der Waals surface area contributed by atoms with E-state index in [-0.39, 0.29) is 24.7 Å². The summed E-state index contributed by atoms with van der Waals surface area (Å²) in [4.78, 5) is 10.0. The molecule has 2 unspecified atom stereocenters. The standard InChI is InChI=1S/C44H40N6O6/c1-55-39-17-11-35(12-18-39)47-49-37-15-21-41(53)33(23-37)25-45-43(31-7-3-29(27-51)4-8-31)44(32-9-5-30(28-52)6-10-32)46-26-34-24-38(16-22-42(34)54)50-48-36-13-19-40(56-2)20-14-36/h3-26,43-44,51-54H,27-28H2,1-2H3. The van der Waals surface area contributed by atoms with Crippen molar-refractivity contribution in [3.63, 3.8) is 0 Å². The number of aliphatic imine (C=N–C) groups is 2. The minimum Gasteiger partial charge on any atom is -0.507 e. The fourth-order valence-electron chi connectivity index (χ4n) is 5.61. The van der Waals surface area contributed by atoms with E-state index >= 15 is 0 Å². The number of nitrogens with zero attached hydrogens (tertiary/aromatic N) is 6. The zero-order chi connectivity index (χ0) is 39.3. The maximum Gasteiger partial charge on any atom is 0.124 e. The molecule has 0 bridgehead atoms. The molecule has 0 saturated carbocycles. The van der Waals surface area contributed by atoms with Gasteiger partial charge in [0.1, 0.15) is 35.1 Å². The molecule has 0 aliphatic carbocycles. The number of phenols is 2. The molecule has 2 atom stereocenters. The maximum atomic E-state index is 10.9. The normalized spacial score (nSPS) is 12.9. The minimum atomic E-state index is -0.664. The Morgan fingerprint density at radius 2 is 0.804 bits per heavy atom. The number of aromatic hydroxyl groups is 2. The molecule has 0 radical (unpaired) electrons. The quantitative estimate of drug-likeness (QED) is 0.0601. The van der Waals surface area contributed by atoms with Gasteiger partial charge in [0.05, 0.1) is 50.2 Å². The average Bonchev–Trinajstić information content (AvgIpc) is 3.25. The molecule has 0 aliphatic rings. The number of hydrogen-bond donors (Lipinski definition) is 4. The fraction of sp³-hybridized carbons (Fsp3) is 0.136. The first kappa shape index (κ1) is 38.7. The van der Waals surface area contributed by atoms with Crippen LogP contribution in [0.25, 0.3) is 0 Å². The summed E-state index contributed by atoms with van der Waals surface area (Å²) in [7, 11) is 3.19. The van der Waals surface area contributed by atoms with Crippen LogP contribution in [0.4, 0.5) is 22.7 Å². The van der Waals surface area contributed by atoms with Crippen LogP contribution in [-0.4, -0.2) is 47.1 Å². The van der Waals surface area contributed by atoms with E-state index in [2.05, 4.69) is 20.5 Å². The number of ether oxygens (including phenoxy) is 2. The van der Waals surface area contributed by atoms with Crippen molar-refractivity contribution in [3.05, 3.63) is 167 Å². The lowest BCUT2D eigenvalue weighted by Crippen LogP contribution is -2.10. The fourth-order valence-corrected chi connectivity index (χ4v) is 5.61. The molecule has 4 N–H and O–H groups in total. The molecule has 0 heterocycles. The molecular weight excluding hydrogens is 709 g/mol. The van der Waals surface area contributed by atoms with Crippen LogP contribution < -0.4 is 9.47 Å². The van der Waals surface area contributed by atoms with Gasteiger partial charge in [0.15, 0.2) is 0 Å². The first-order chi connectivity index (χ1) is 27.3. The van der Waals surface area contributed by atoms with Gasteiger partial charge >= 0.3 is 0 Å². The van der Waals surface area contributed by atoms with Gasteiger partial charge in [-0.1, -0.05) is 48.5 Å². The summed E-state index contributed by atoms with van der Waals surface area (Å²) >= 11 is 0. The molecule has 0 amide bonds. The van der Waals surface area contributed by atoms with Gasteiger partial charge < -0.3 is 29.9 Å². The van der Waals surface area contributed by atoms with Gasteiger partial charge in [-0.3, -0.25) is 9.98 Å². The van der Waals surface area contributed by atoms with Crippen LogP contribution in [0.5, 0.6) is 23.0 Å². The smallest absolute Gasteiger partial charge is 0.124 e. The number of aliphatic hydroxyl groups excluding tert-OH is 2. The van der Waals surface area contributed by atoms with Crippen molar-refractivity contribution in [2.24, 2.45) is 30.4 Å². The second-order valence-electron chi connectivity index (χ2n) is 12.5. The van der Waals surface area contributed by atoms with E-state index in [9.17, 15) is 20.4 Å². The van der Waals surface area contributed by atoms with Crippen molar-refractivity contribution in [2.45, 2.75) is 25.3 Å². The lowest BCUT2D eigenvalue weighted by atomic mass is 9.93. The van der Waals surface area contributed by atoms with E-state index in [4.69, 9.17) is 19.5 Å². The summed E-state index contributed by atoms with van der Waals surface area (Å²) in [6.07, 6.45) is 3.13. The predicted octanol–water partition coefficient (Wildman–Crippen LogP) is 9.95. The number of hydrogen-bond acceptors (Lipinski definition) is 12. The summed E-state index contributed by atoms with van der Waals surface area (Å²) in [6, 6.07) is 37.4. The zero-order valence-electron chi connectivity index (χ0n) is 30.7. The second kappa shape index (κ2) is 18.8. The first-order valence-electron chi connectivity index (χ1n) is 17.6. The SMILES string of the molecule is COc1ccc(N=Nc2ccc(O)c(C=NC(c3ccc(CO)cc3)C(N=Cc3cc(N=Nc4ccc(OC)cc4)ccc3O)c3ccc(CO)cc3)c2)cc1. The molecule has 12 nitrogen and oxygen atoms in total. The molecule has 12 heteroatoms. The first-order valence-corrected chi connectivity index (χ1v) is 17.6. The van der Waals surface area contributed by atoms with Crippen LogP contribution in [0, 0.1) is 0 Å². The van der Waals surface area contributed by atoms with E-state index in [0.29, 0.717) is 45.4 Å². The number of methoxy groups -OCH3 is 2. The van der Waals surface area contributed by atoms with Gasteiger partial charge in [-0.15, -0.1) is 0 Å². The number of phenolic OH excluding ortho intramolecular Hbond substituents is 2. The Morgan fingerprint density at radius 1 is 0.464 bits per heavy atom. The molecule has 56 heavy (non-hydrogen) atoms. The van der Waals surface area contributed by atoms with Crippen LogP contribution >= 0.6 is 0 Å². The van der Waals surface area contributed by atoms with Crippen LogP contribution in [0.3, 0.4) is 0 Å². The molecular formula is C44H40N6O6. The number of aliphatic hydroxyl groups is 2. The Hall–Kier alpha value is -7.02. The third-order valence-corrected chi connectivity index (χ3v) is 8.78. The highest BCUT2D eigenvalue weighted by atomic mass is 16.5. The predicted molar refractivity (Wildman–Crippen MR) is 216 cm³/mol. The monoisotopic (exact) mass is 748 g/mol. The van der Waals surface area contributed by atoms with Crippen molar-refractivity contribution in [2.75, 3.05) is 14.2 Å². The summed E-state index contributed by atoms with van der Waals surface area (Å²) in [5.41, 5.74) is 6.05. The van der Waals surface area contributed by atoms with Crippen molar-refractivity contribution in [1.82, 2.24) is 0 Å². The molecule has 0 aromatic heterocycles. The number of benzene rings is 6. The van der Waals surface area contributed by atoms with Crippen molar-refractivity contribution in [3.8, 4) is 23.0 Å². The third kappa shape index (κ3) is 10.1. The molecule has 282 valence electrons. The Labute approximate surface area is 324 Å². The van der Waals surface area contributed by atoms with Crippen LogP contribution in [0.15, 0.2) is 164 Å². The van der Waals surface area contributed by atoms with Crippen LogP contribution in [0.1, 0.15) is 45.5 Å². The van der Waals surface area contributed by atoms with E-state index in [1.807, 2.05) is 48.5 Å². The molecule has 6 rings (SSSR count). The molecule has 0 fully saturated rings. The van der Waals surface area contributed by atoms with Crippen molar-refractivity contribution in [1.29, 1.82) is 0 Å². The van der Waals surface area contributed by atoms with Gasteiger partial charge in [-0.25, -0.2) is 0 Å². The van der Waals surface area contributed by atoms with Crippen LogP contribution in [0.2, 0.25) is 0 Å². The highest BCUT2D eigenvalue weighted by Crippen LogP contribution is 2.37. The van der Waals surface area contributed by atoms with E-state index in [1.165, 1.54) is 12.1 Å². The Kier molecular flexibility index (Phi) is 13.0. The lowest BCUT2D eigenvalue weighted by Gasteiger charge is -2.22. The summed E-state index contributed by atoms with van der Waals surface area (Å²) in [5, 5.41) is 58.6. The van der Waals surface area contributed by atoms with Gasteiger partial charge in [0.25, 0.3) is 0 Å². The lowest BCUT2D eigenvalue weighted by molar-refractivity contribution is 0.281. The van der Waals surface area contributed by atoms with Gasteiger partial charge in [0.2, 0.25) is 0 Å². The molecule has 0 saturated heterocycles. The van der Waals surface area contributed by atoms with Gasteiger partial charge in [-0.05, 0) is 107 Å². The molecule has 6 aromatic carbocycles. The highest BCUT2D eigenvalue weighted by molar-refractivity contribution is 5.86. The Morgan fingerprint density at radius 3 is 1.14 bits per heavy atom. The summed E-state index contributed by atoms with van der Waals surface area (Å²) in [6.45, 7) is -0.259. The van der Waals surface area contributed by atoms with Gasteiger partial charge in [-0.2, -0.15) is 20.5 Å². The topological polar surface area (TPSA) is 174 Å². The van der Waals surface area contributed by atoms with E-state index in [0.717, 1.165) is 22.3 Å². The molecule has 6 aromatic rings. The zero-order valence-corrected chi connectivity index (χ0v) is 30.7. The highest BCUT2D eigenvalue weighted by Gasteiger charge is 2.24. The van der Waals surface area contributed by atoms with Crippen molar-refractivity contribution < 1.29 is 29.9 Å². The van der Waals surface area contributed by atoms with Crippen molar-refractivity contribution >= 4 is 35.2 Å². The minimum absolute atomic E-state index is 0.00980. The largest absolute Gasteiger partial charge is 0.507 e. The van der Waals surface area contributed by atoms with Gasteiger partial charge in [0, 0.05) is 23.6 Å². The average molecular weight is 749 g/mol. The van der Waals surface area contributed by atoms with Crippen LogP contribution in [-0.2, 0) is 13.2 Å². The summed E-state index contributed by atoms with van der Waals surface area (Å²) < 4.78 is 10.4.